The zero-order valence-electron chi connectivity index (χ0n) is 16.8. The van der Waals surface area contributed by atoms with Gasteiger partial charge in [-0.15, -0.1) is 11.3 Å². The molecule has 1 aromatic heterocycles. The molecule has 0 radical (unpaired) electrons. The fraction of sp³-hybridized carbons (Fsp3) is 0.250. The monoisotopic (exact) mass is 406 g/mol. The Labute approximate surface area is 176 Å². The summed E-state index contributed by atoms with van der Waals surface area (Å²) in [7, 11) is 0. The second-order valence-corrected chi connectivity index (χ2v) is 8.04. The lowest BCUT2D eigenvalue weighted by Gasteiger charge is -2.19. The molecule has 0 aliphatic heterocycles. The van der Waals surface area contributed by atoms with E-state index in [4.69, 9.17) is 0 Å². The van der Waals surface area contributed by atoms with E-state index in [0.717, 1.165) is 34.5 Å². The molecule has 4 nitrogen and oxygen atoms in total. The van der Waals surface area contributed by atoms with E-state index in [2.05, 4.69) is 47.9 Å². The number of amides is 2. The van der Waals surface area contributed by atoms with E-state index in [1.807, 2.05) is 35.7 Å². The van der Waals surface area contributed by atoms with E-state index in [0.29, 0.717) is 0 Å². The quantitative estimate of drug-likeness (QED) is 0.546. The average Bonchev–Trinajstić information content (AvgIpc) is 3.23. The topological polar surface area (TPSA) is 58.2 Å². The SMILES string of the molecule is CCCc1ccc(C(NC(=O)Cc2ccc(NC(C)=O)cc2)c2cccs2)cc1. The van der Waals surface area contributed by atoms with Gasteiger partial charge in [0.15, 0.2) is 0 Å². The molecule has 2 N–H and O–H groups in total. The number of hydrogen-bond acceptors (Lipinski definition) is 3. The fourth-order valence-corrected chi connectivity index (χ4v) is 4.05. The molecule has 1 atom stereocenters. The summed E-state index contributed by atoms with van der Waals surface area (Å²) >= 11 is 1.64. The van der Waals surface area contributed by atoms with Gasteiger partial charge in [-0.3, -0.25) is 9.59 Å². The molecule has 0 saturated carbocycles. The molecule has 0 bridgehead atoms. The first-order chi connectivity index (χ1) is 14.0. The van der Waals surface area contributed by atoms with Crippen LogP contribution in [0, 0.1) is 0 Å². The van der Waals surface area contributed by atoms with Crippen LogP contribution >= 0.6 is 11.3 Å². The number of nitrogens with one attached hydrogen (secondary N) is 2. The minimum absolute atomic E-state index is 0.0340. The maximum atomic E-state index is 12.7. The van der Waals surface area contributed by atoms with Gasteiger partial charge < -0.3 is 10.6 Å². The van der Waals surface area contributed by atoms with Crippen LogP contribution in [0.2, 0.25) is 0 Å². The van der Waals surface area contributed by atoms with E-state index < -0.39 is 0 Å². The van der Waals surface area contributed by atoms with Crippen LogP contribution in [0.4, 0.5) is 5.69 Å². The van der Waals surface area contributed by atoms with Crippen LogP contribution in [0.15, 0.2) is 66.0 Å². The van der Waals surface area contributed by atoms with Crippen LogP contribution in [0.3, 0.4) is 0 Å². The number of hydrogen-bond donors (Lipinski definition) is 2. The van der Waals surface area contributed by atoms with Crippen molar-refractivity contribution in [2.75, 3.05) is 5.32 Å². The fourth-order valence-electron chi connectivity index (χ4n) is 3.25. The highest BCUT2D eigenvalue weighted by Gasteiger charge is 2.18. The third kappa shape index (κ3) is 6.03. The predicted molar refractivity (Wildman–Crippen MR) is 119 cm³/mol. The zero-order valence-corrected chi connectivity index (χ0v) is 17.6. The normalized spacial score (nSPS) is 11.7. The van der Waals surface area contributed by atoms with Crippen LogP contribution < -0.4 is 10.6 Å². The van der Waals surface area contributed by atoms with E-state index in [-0.39, 0.29) is 24.3 Å². The predicted octanol–water partition coefficient (Wildman–Crippen LogP) is 5.11. The van der Waals surface area contributed by atoms with Gasteiger partial charge in [-0.25, -0.2) is 0 Å². The Bertz CT molecular complexity index is 932. The summed E-state index contributed by atoms with van der Waals surface area (Å²) in [4.78, 5) is 25.0. The molecule has 0 aliphatic rings. The van der Waals surface area contributed by atoms with Crippen LogP contribution in [-0.4, -0.2) is 11.8 Å². The molecule has 1 unspecified atom stereocenters. The van der Waals surface area contributed by atoms with Gasteiger partial charge in [0.2, 0.25) is 11.8 Å². The minimum atomic E-state index is -0.156. The van der Waals surface area contributed by atoms with Crippen molar-refractivity contribution in [1.82, 2.24) is 5.32 Å². The lowest BCUT2D eigenvalue weighted by molar-refractivity contribution is -0.121. The maximum Gasteiger partial charge on any atom is 0.225 e. The molecule has 29 heavy (non-hydrogen) atoms. The van der Waals surface area contributed by atoms with E-state index in [1.54, 1.807) is 11.3 Å². The average molecular weight is 407 g/mol. The molecule has 2 amide bonds. The molecule has 150 valence electrons. The standard InChI is InChI=1S/C24H26N2O2S/c1-3-5-18-7-11-20(12-8-18)24(22-6-4-15-29-22)26-23(28)16-19-9-13-21(14-10-19)25-17(2)27/h4,6-15,24H,3,5,16H2,1-2H3,(H,25,27)(H,26,28). The first kappa shape index (κ1) is 20.8. The third-order valence-electron chi connectivity index (χ3n) is 4.62. The van der Waals surface area contributed by atoms with Gasteiger partial charge in [0.25, 0.3) is 0 Å². The second kappa shape index (κ2) is 10.0. The van der Waals surface area contributed by atoms with Gasteiger partial charge in [0, 0.05) is 17.5 Å². The van der Waals surface area contributed by atoms with Gasteiger partial charge in [-0.1, -0.05) is 55.8 Å². The Morgan fingerprint density at radius 2 is 1.66 bits per heavy atom. The Balaban J connectivity index is 1.71. The number of carbonyl (C=O) groups is 2. The van der Waals surface area contributed by atoms with Crippen molar-refractivity contribution in [3.63, 3.8) is 0 Å². The van der Waals surface area contributed by atoms with Gasteiger partial charge in [-0.2, -0.15) is 0 Å². The Hall–Kier alpha value is -2.92. The Kier molecular flexibility index (Phi) is 7.19. The van der Waals surface area contributed by atoms with Gasteiger partial charge in [0.05, 0.1) is 12.5 Å². The number of aryl methyl sites for hydroxylation is 1. The summed E-state index contributed by atoms with van der Waals surface area (Å²) in [5.41, 5.74) is 4.03. The highest BCUT2D eigenvalue weighted by Crippen LogP contribution is 2.26. The lowest BCUT2D eigenvalue weighted by Crippen LogP contribution is -2.30. The zero-order chi connectivity index (χ0) is 20.6. The maximum absolute atomic E-state index is 12.7. The molecule has 3 rings (SSSR count). The van der Waals surface area contributed by atoms with Crippen molar-refractivity contribution in [1.29, 1.82) is 0 Å². The van der Waals surface area contributed by atoms with Gasteiger partial charge in [-0.05, 0) is 46.7 Å². The molecule has 5 heteroatoms. The van der Waals surface area contributed by atoms with Crippen LogP contribution in [0.5, 0.6) is 0 Å². The summed E-state index contributed by atoms with van der Waals surface area (Å²) in [6.45, 7) is 3.65. The van der Waals surface area contributed by atoms with E-state index >= 15 is 0 Å². The molecule has 0 fully saturated rings. The van der Waals surface area contributed by atoms with Crippen LogP contribution in [0.25, 0.3) is 0 Å². The summed E-state index contributed by atoms with van der Waals surface area (Å²) < 4.78 is 0. The molecule has 0 saturated heterocycles. The Morgan fingerprint density at radius 1 is 0.966 bits per heavy atom. The van der Waals surface area contributed by atoms with Crippen molar-refractivity contribution in [2.45, 2.75) is 39.2 Å². The van der Waals surface area contributed by atoms with Crippen molar-refractivity contribution in [3.8, 4) is 0 Å². The van der Waals surface area contributed by atoms with Crippen molar-refractivity contribution >= 4 is 28.8 Å². The summed E-state index contributed by atoms with van der Waals surface area (Å²) in [5, 5.41) is 7.95. The second-order valence-electron chi connectivity index (χ2n) is 7.06. The summed E-state index contributed by atoms with van der Waals surface area (Å²) in [5.74, 6) is -0.146. The number of rotatable bonds is 8. The highest BCUT2D eigenvalue weighted by molar-refractivity contribution is 7.10. The minimum Gasteiger partial charge on any atom is -0.344 e. The first-order valence-corrected chi connectivity index (χ1v) is 10.7. The smallest absolute Gasteiger partial charge is 0.225 e. The number of carbonyl (C=O) groups excluding carboxylic acids is 2. The molecule has 1 heterocycles. The van der Waals surface area contributed by atoms with Crippen molar-refractivity contribution in [3.05, 3.63) is 87.6 Å². The van der Waals surface area contributed by atoms with Crippen LogP contribution in [-0.2, 0) is 22.4 Å². The van der Waals surface area contributed by atoms with Gasteiger partial charge >= 0.3 is 0 Å². The molecular formula is C24H26N2O2S. The van der Waals surface area contributed by atoms with E-state index in [1.165, 1.54) is 12.5 Å². The van der Waals surface area contributed by atoms with Gasteiger partial charge in [0.1, 0.15) is 0 Å². The van der Waals surface area contributed by atoms with Crippen LogP contribution in [0.1, 0.15) is 47.9 Å². The number of thiophene rings is 1. The molecule has 2 aromatic carbocycles. The van der Waals surface area contributed by atoms with Crippen molar-refractivity contribution < 1.29 is 9.59 Å². The Morgan fingerprint density at radius 3 is 2.24 bits per heavy atom. The summed E-state index contributed by atoms with van der Waals surface area (Å²) in [6.07, 6.45) is 2.46. The van der Waals surface area contributed by atoms with E-state index in [9.17, 15) is 9.59 Å². The highest BCUT2D eigenvalue weighted by atomic mass is 32.1. The summed E-state index contributed by atoms with van der Waals surface area (Å²) in [6, 6.07) is 19.8. The largest absolute Gasteiger partial charge is 0.344 e. The first-order valence-electron chi connectivity index (χ1n) is 9.83. The molecule has 3 aromatic rings. The third-order valence-corrected chi connectivity index (χ3v) is 5.56. The number of anilines is 1. The molecule has 0 aliphatic carbocycles. The lowest BCUT2D eigenvalue weighted by atomic mass is 10.0. The van der Waals surface area contributed by atoms with Crippen molar-refractivity contribution in [2.24, 2.45) is 0 Å². The molecular weight excluding hydrogens is 380 g/mol. The molecule has 0 spiro atoms. The number of benzene rings is 2.